The predicted octanol–water partition coefficient (Wildman–Crippen LogP) is 3.93. The third kappa shape index (κ3) is 2.99. The summed E-state index contributed by atoms with van der Waals surface area (Å²) in [5.41, 5.74) is -0.376. The lowest BCUT2D eigenvalue weighted by Gasteiger charge is -2.11. The number of methoxy groups -OCH3 is 1. The summed E-state index contributed by atoms with van der Waals surface area (Å²) in [6.45, 7) is 0. The van der Waals surface area contributed by atoms with Gasteiger partial charge in [0.2, 0.25) is 0 Å². The Labute approximate surface area is 139 Å². The number of halogens is 2. The smallest absolute Gasteiger partial charge is 0.275 e. The van der Waals surface area contributed by atoms with Crippen LogP contribution in [0.4, 0.5) is 14.5 Å². The van der Waals surface area contributed by atoms with Crippen molar-refractivity contribution >= 4 is 16.6 Å². The fourth-order valence-electron chi connectivity index (χ4n) is 2.25. The Hall–Kier alpha value is -3.49. The van der Waals surface area contributed by atoms with Crippen molar-refractivity contribution in [2.45, 2.75) is 0 Å². The van der Waals surface area contributed by atoms with E-state index in [-0.39, 0.29) is 22.6 Å². The standard InChI is InChI=1S/C16H10F2N2O5/c1-24-15-7-12-9(6-13(15)21)14(2-3-19-12)25-16-10(17)4-8(20(22)23)5-11(16)18/h2-7,21H,1H3. The van der Waals surface area contributed by atoms with Crippen LogP contribution >= 0.6 is 0 Å². The molecule has 0 aliphatic heterocycles. The second-order valence-corrected chi connectivity index (χ2v) is 4.95. The third-order valence-corrected chi connectivity index (χ3v) is 3.41. The quantitative estimate of drug-likeness (QED) is 0.567. The van der Waals surface area contributed by atoms with Crippen molar-refractivity contribution in [3.8, 4) is 23.0 Å². The highest BCUT2D eigenvalue weighted by atomic mass is 19.1. The number of pyridine rings is 1. The van der Waals surface area contributed by atoms with E-state index in [1.807, 2.05) is 0 Å². The summed E-state index contributed by atoms with van der Waals surface area (Å²) in [7, 11) is 1.36. The molecule has 0 aliphatic carbocycles. The Morgan fingerprint density at radius 2 is 1.84 bits per heavy atom. The summed E-state index contributed by atoms with van der Waals surface area (Å²) >= 11 is 0. The highest BCUT2D eigenvalue weighted by Crippen LogP contribution is 2.38. The molecule has 0 fully saturated rings. The zero-order chi connectivity index (χ0) is 18.1. The molecule has 3 aromatic rings. The summed E-state index contributed by atoms with van der Waals surface area (Å²) in [5, 5.41) is 20.8. The molecule has 0 bridgehead atoms. The van der Waals surface area contributed by atoms with E-state index in [2.05, 4.69) is 4.98 Å². The van der Waals surface area contributed by atoms with Gasteiger partial charge in [0, 0.05) is 17.6 Å². The number of ether oxygens (including phenoxy) is 2. The molecule has 0 aliphatic rings. The lowest BCUT2D eigenvalue weighted by atomic mass is 10.2. The maximum absolute atomic E-state index is 14.0. The minimum atomic E-state index is -1.23. The van der Waals surface area contributed by atoms with Crippen LogP contribution < -0.4 is 9.47 Å². The number of aromatic nitrogens is 1. The van der Waals surface area contributed by atoms with Gasteiger partial charge in [0.25, 0.3) is 5.69 Å². The van der Waals surface area contributed by atoms with Crippen molar-refractivity contribution in [1.82, 2.24) is 4.98 Å². The summed E-state index contributed by atoms with van der Waals surface area (Å²) in [4.78, 5) is 13.8. The molecule has 1 aromatic heterocycles. The molecule has 2 aromatic carbocycles. The maximum atomic E-state index is 14.0. The minimum absolute atomic E-state index is 0.00889. The molecule has 0 saturated carbocycles. The summed E-state index contributed by atoms with van der Waals surface area (Å²) in [6, 6.07) is 5.16. The fraction of sp³-hybridized carbons (Fsp3) is 0.0625. The first-order valence-electron chi connectivity index (χ1n) is 6.87. The maximum Gasteiger partial charge on any atom is 0.275 e. The molecule has 9 heteroatoms. The SMILES string of the molecule is COc1cc2nccc(Oc3c(F)cc([N+](=O)[O-])cc3F)c2cc1O. The van der Waals surface area contributed by atoms with Crippen LogP contribution in [-0.2, 0) is 0 Å². The molecule has 1 heterocycles. The second-order valence-electron chi connectivity index (χ2n) is 4.95. The van der Waals surface area contributed by atoms with Crippen molar-refractivity contribution in [3.63, 3.8) is 0 Å². The fourth-order valence-corrected chi connectivity index (χ4v) is 2.25. The Bertz CT molecular complexity index is 971. The molecular formula is C16H10F2N2O5. The van der Waals surface area contributed by atoms with Crippen molar-refractivity contribution in [2.75, 3.05) is 7.11 Å². The molecule has 0 saturated heterocycles. The van der Waals surface area contributed by atoms with E-state index in [0.29, 0.717) is 17.6 Å². The van der Waals surface area contributed by atoms with Gasteiger partial charge in [-0.15, -0.1) is 0 Å². The van der Waals surface area contributed by atoms with E-state index in [1.54, 1.807) is 0 Å². The Morgan fingerprint density at radius 3 is 2.44 bits per heavy atom. The zero-order valence-corrected chi connectivity index (χ0v) is 12.7. The van der Waals surface area contributed by atoms with E-state index in [9.17, 15) is 24.0 Å². The molecule has 0 radical (unpaired) electrons. The van der Waals surface area contributed by atoms with E-state index in [4.69, 9.17) is 9.47 Å². The topological polar surface area (TPSA) is 94.7 Å². The molecule has 0 amide bonds. The van der Waals surface area contributed by atoms with Gasteiger partial charge in [-0.2, -0.15) is 0 Å². The number of phenols is 1. The summed E-state index contributed by atoms with van der Waals surface area (Å²) in [6.07, 6.45) is 1.34. The number of non-ortho nitro benzene ring substituents is 1. The highest BCUT2D eigenvalue weighted by molar-refractivity contribution is 5.88. The first kappa shape index (κ1) is 16.4. The molecule has 128 valence electrons. The van der Waals surface area contributed by atoms with Crippen LogP contribution in [0.15, 0.2) is 36.5 Å². The largest absolute Gasteiger partial charge is 0.504 e. The second kappa shape index (κ2) is 6.19. The molecule has 7 nitrogen and oxygen atoms in total. The van der Waals surface area contributed by atoms with Gasteiger partial charge in [0.15, 0.2) is 28.9 Å². The molecule has 1 N–H and O–H groups in total. The molecule has 0 unspecified atom stereocenters. The van der Waals surface area contributed by atoms with Crippen LogP contribution in [0, 0.1) is 21.7 Å². The van der Waals surface area contributed by atoms with Gasteiger partial charge in [-0.25, -0.2) is 8.78 Å². The van der Waals surface area contributed by atoms with Crippen LogP contribution in [0.5, 0.6) is 23.0 Å². The first-order valence-corrected chi connectivity index (χ1v) is 6.87. The van der Waals surface area contributed by atoms with Gasteiger partial charge < -0.3 is 14.6 Å². The van der Waals surface area contributed by atoms with Gasteiger partial charge in [-0.05, 0) is 12.1 Å². The number of hydrogen-bond donors (Lipinski definition) is 1. The monoisotopic (exact) mass is 348 g/mol. The number of aromatic hydroxyl groups is 1. The van der Waals surface area contributed by atoms with E-state index < -0.39 is 28.0 Å². The number of hydrogen-bond acceptors (Lipinski definition) is 6. The van der Waals surface area contributed by atoms with Crippen molar-refractivity contribution in [1.29, 1.82) is 0 Å². The van der Waals surface area contributed by atoms with E-state index >= 15 is 0 Å². The lowest BCUT2D eigenvalue weighted by molar-refractivity contribution is -0.385. The molecule has 0 atom stereocenters. The number of fused-ring (bicyclic) bond motifs is 1. The van der Waals surface area contributed by atoms with Crippen molar-refractivity contribution in [3.05, 3.63) is 58.3 Å². The molecular weight excluding hydrogens is 338 g/mol. The molecule has 25 heavy (non-hydrogen) atoms. The highest BCUT2D eigenvalue weighted by Gasteiger charge is 2.20. The van der Waals surface area contributed by atoms with Crippen LogP contribution in [0.2, 0.25) is 0 Å². The number of rotatable bonds is 4. The minimum Gasteiger partial charge on any atom is -0.504 e. The van der Waals surface area contributed by atoms with Gasteiger partial charge in [0.05, 0.1) is 29.7 Å². The van der Waals surface area contributed by atoms with Crippen molar-refractivity contribution in [2.24, 2.45) is 0 Å². The predicted molar refractivity (Wildman–Crippen MR) is 83.0 cm³/mol. The Morgan fingerprint density at radius 1 is 1.16 bits per heavy atom. The van der Waals surface area contributed by atoms with Gasteiger partial charge >= 0.3 is 0 Å². The van der Waals surface area contributed by atoms with Gasteiger partial charge in [-0.3, -0.25) is 15.1 Å². The Balaban J connectivity index is 2.10. The number of nitrogens with zero attached hydrogens (tertiary/aromatic N) is 2. The normalized spacial score (nSPS) is 10.7. The average Bonchev–Trinajstić information content (AvgIpc) is 2.57. The van der Waals surface area contributed by atoms with E-state index in [0.717, 1.165) is 0 Å². The summed E-state index contributed by atoms with van der Waals surface area (Å²) < 4.78 is 38.2. The lowest BCUT2D eigenvalue weighted by Crippen LogP contribution is -1.97. The number of phenolic OH excluding ortho intramolecular Hbond substituents is 1. The van der Waals surface area contributed by atoms with Crippen LogP contribution in [-0.4, -0.2) is 22.1 Å². The first-order chi connectivity index (χ1) is 11.9. The van der Waals surface area contributed by atoms with E-state index in [1.165, 1.54) is 31.5 Å². The van der Waals surface area contributed by atoms with Gasteiger partial charge in [0.1, 0.15) is 5.75 Å². The molecule has 0 spiro atoms. The third-order valence-electron chi connectivity index (χ3n) is 3.41. The number of nitro groups is 1. The van der Waals surface area contributed by atoms with Crippen LogP contribution in [0.25, 0.3) is 10.9 Å². The Kier molecular flexibility index (Phi) is 4.05. The molecule has 3 rings (SSSR count). The van der Waals surface area contributed by atoms with Crippen LogP contribution in [0.1, 0.15) is 0 Å². The number of nitro benzene ring substituents is 1. The van der Waals surface area contributed by atoms with Gasteiger partial charge in [-0.1, -0.05) is 0 Å². The summed E-state index contributed by atoms with van der Waals surface area (Å²) in [5.74, 6) is -3.28. The zero-order valence-electron chi connectivity index (χ0n) is 12.7. The van der Waals surface area contributed by atoms with Crippen LogP contribution in [0.3, 0.4) is 0 Å². The van der Waals surface area contributed by atoms with Crippen molar-refractivity contribution < 1.29 is 28.3 Å². The number of benzene rings is 2. The average molecular weight is 348 g/mol.